The van der Waals surface area contributed by atoms with Crippen LogP contribution in [0.3, 0.4) is 0 Å². The number of hydrogen-bond donors (Lipinski definition) is 2. The molecule has 1 aromatic carbocycles. The van der Waals surface area contributed by atoms with Gasteiger partial charge in [0.1, 0.15) is 0 Å². The Bertz CT molecular complexity index is 486. The lowest BCUT2D eigenvalue weighted by molar-refractivity contribution is -0.142. The van der Waals surface area contributed by atoms with Crippen molar-refractivity contribution < 1.29 is 14.7 Å². The fourth-order valence-electron chi connectivity index (χ4n) is 2.60. The van der Waals surface area contributed by atoms with Crippen LogP contribution in [-0.4, -0.2) is 29.3 Å². The SMILES string of the molecule is CSCc1ccc(C(=O)NC2CCCC2C(=O)O)cc1. The van der Waals surface area contributed by atoms with Crippen molar-refractivity contribution in [3.63, 3.8) is 0 Å². The Kier molecular flexibility index (Phi) is 5.06. The molecule has 108 valence electrons. The second kappa shape index (κ2) is 6.79. The Balaban J connectivity index is 1.99. The van der Waals surface area contributed by atoms with E-state index in [9.17, 15) is 9.59 Å². The molecule has 5 heteroatoms. The van der Waals surface area contributed by atoms with E-state index in [0.29, 0.717) is 12.0 Å². The number of carboxylic acid groups (broad SMARTS) is 1. The Morgan fingerprint density at radius 2 is 2.00 bits per heavy atom. The average Bonchev–Trinajstić information content (AvgIpc) is 2.88. The minimum atomic E-state index is -0.817. The van der Waals surface area contributed by atoms with E-state index in [1.165, 1.54) is 5.56 Å². The monoisotopic (exact) mass is 293 g/mol. The molecule has 4 nitrogen and oxygen atoms in total. The van der Waals surface area contributed by atoms with Crippen molar-refractivity contribution in [1.82, 2.24) is 5.32 Å². The molecule has 1 amide bonds. The molecular formula is C15H19NO3S. The molecule has 0 heterocycles. The topological polar surface area (TPSA) is 66.4 Å². The van der Waals surface area contributed by atoms with Gasteiger partial charge in [-0.15, -0.1) is 0 Å². The van der Waals surface area contributed by atoms with Crippen LogP contribution in [0.4, 0.5) is 0 Å². The van der Waals surface area contributed by atoms with Gasteiger partial charge in [-0.05, 0) is 36.8 Å². The summed E-state index contributed by atoms with van der Waals surface area (Å²) in [6.07, 6.45) is 4.28. The highest BCUT2D eigenvalue weighted by molar-refractivity contribution is 7.97. The summed E-state index contributed by atoms with van der Waals surface area (Å²) in [7, 11) is 0. The van der Waals surface area contributed by atoms with E-state index in [2.05, 4.69) is 5.32 Å². The highest BCUT2D eigenvalue weighted by Gasteiger charge is 2.33. The number of amides is 1. The van der Waals surface area contributed by atoms with E-state index in [-0.39, 0.29) is 11.9 Å². The number of hydrogen-bond acceptors (Lipinski definition) is 3. The Hall–Kier alpha value is -1.49. The fraction of sp³-hybridized carbons (Fsp3) is 0.467. The molecular weight excluding hydrogens is 274 g/mol. The Morgan fingerprint density at radius 1 is 1.30 bits per heavy atom. The molecule has 2 unspecified atom stereocenters. The molecule has 0 aromatic heterocycles. The van der Waals surface area contributed by atoms with E-state index >= 15 is 0 Å². The van der Waals surface area contributed by atoms with Crippen molar-refractivity contribution in [2.75, 3.05) is 6.26 Å². The van der Waals surface area contributed by atoms with Gasteiger partial charge in [-0.1, -0.05) is 18.6 Å². The first-order valence-corrected chi connectivity index (χ1v) is 8.12. The number of carbonyl (C=O) groups excluding carboxylic acids is 1. The van der Waals surface area contributed by atoms with Gasteiger partial charge in [0, 0.05) is 17.4 Å². The quantitative estimate of drug-likeness (QED) is 0.875. The number of carbonyl (C=O) groups is 2. The Labute approximate surface area is 123 Å². The number of thioether (sulfide) groups is 1. The fourth-order valence-corrected chi connectivity index (χ4v) is 3.12. The van der Waals surface area contributed by atoms with Gasteiger partial charge in [0.25, 0.3) is 5.91 Å². The zero-order valence-electron chi connectivity index (χ0n) is 11.5. The maximum absolute atomic E-state index is 12.1. The number of carboxylic acids is 1. The van der Waals surface area contributed by atoms with Crippen LogP contribution in [0.2, 0.25) is 0 Å². The van der Waals surface area contributed by atoms with Crippen molar-refractivity contribution in [2.45, 2.75) is 31.1 Å². The first kappa shape index (κ1) is 14.9. The molecule has 0 spiro atoms. The van der Waals surface area contributed by atoms with Crippen LogP contribution < -0.4 is 5.32 Å². The van der Waals surface area contributed by atoms with Crippen LogP contribution >= 0.6 is 11.8 Å². The standard InChI is InChI=1S/C15H19NO3S/c1-20-9-10-5-7-11(8-6-10)14(17)16-13-4-2-3-12(13)15(18)19/h5-8,12-13H,2-4,9H2,1H3,(H,16,17)(H,18,19). The molecule has 20 heavy (non-hydrogen) atoms. The molecule has 2 rings (SSSR count). The predicted octanol–water partition coefficient (Wildman–Crippen LogP) is 2.53. The van der Waals surface area contributed by atoms with Crippen LogP contribution in [0, 0.1) is 5.92 Å². The number of nitrogens with one attached hydrogen (secondary N) is 1. The molecule has 1 fully saturated rings. The van der Waals surface area contributed by atoms with Crippen LogP contribution in [0.15, 0.2) is 24.3 Å². The van der Waals surface area contributed by atoms with E-state index in [1.807, 2.05) is 18.4 Å². The summed E-state index contributed by atoms with van der Waals surface area (Å²) >= 11 is 1.73. The highest BCUT2D eigenvalue weighted by Crippen LogP contribution is 2.26. The van der Waals surface area contributed by atoms with Gasteiger partial charge in [-0.2, -0.15) is 11.8 Å². The largest absolute Gasteiger partial charge is 0.481 e. The summed E-state index contributed by atoms with van der Waals surface area (Å²) in [5.74, 6) is -0.525. The molecule has 0 aliphatic heterocycles. The van der Waals surface area contributed by atoms with Crippen molar-refractivity contribution in [3.8, 4) is 0 Å². The number of aliphatic carboxylic acids is 1. The van der Waals surface area contributed by atoms with Gasteiger partial charge in [0.15, 0.2) is 0 Å². The smallest absolute Gasteiger partial charge is 0.308 e. The maximum Gasteiger partial charge on any atom is 0.308 e. The van der Waals surface area contributed by atoms with Gasteiger partial charge in [0.2, 0.25) is 0 Å². The highest BCUT2D eigenvalue weighted by atomic mass is 32.2. The lowest BCUT2D eigenvalue weighted by Gasteiger charge is -2.17. The lowest BCUT2D eigenvalue weighted by atomic mass is 10.0. The lowest BCUT2D eigenvalue weighted by Crippen LogP contribution is -2.40. The molecule has 1 aliphatic carbocycles. The third kappa shape index (κ3) is 3.54. The normalized spacial score (nSPS) is 21.6. The van der Waals surface area contributed by atoms with Crippen LogP contribution in [0.1, 0.15) is 35.2 Å². The van der Waals surface area contributed by atoms with E-state index in [1.54, 1.807) is 23.9 Å². The minimum Gasteiger partial charge on any atom is -0.481 e. The van der Waals surface area contributed by atoms with Gasteiger partial charge in [-0.25, -0.2) is 0 Å². The van der Waals surface area contributed by atoms with Crippen LogP contribution in [0.5, 0.6) is 0 Å². The van der Waals surface area contributed by atoms with Gasteiger partial charge < -0.3 is 10.4 Å². The minimum absolute atomic E-state index is 0.182. The molecule has 1 saturated carbocycles. The molecule has 2 atom stereocenters. The maximum atomic E-state index is 12.1. The third-order valence-corrected chi connectivity index (χ3v) is 4.30. The second-order valence-electron chi connectivity index (χ2n) is 5.09. The molecule has 1 aromatic rings. The van der Waals surface area contributed by atoms with E-state index < -0.39 is 11.9 Å². The van der Waals surface area contributed by atoms with Crippen molar-refractivity contribution in [2.24, 2.45) is 5.92 Å². The number of benzene rings is 1. The summed E-state index contributed by atoms with van der Waals surface area (Å²) in [6, 6.07) is 7.23. The summed E-state index contributed by atoms with van der Waals surface area (Å²) in [6.45, 7) is 0. The zero-order chi connectivity index (χ0) is 14.5. The van der Waals surface area contributed by atoms with Gasteiger partial charge >= 0.3 is 5.97 Å². The summed E-state index contributed by atoms with van der Waals surface area (Å²) in [4.78, 5) is 23.2. The summed E-state index contributed by atoms with van der Waals surface area (Å²) < 4.78 is 0. The summed E-state index contributed by atoms with van der Waals surface area (Å²) in [5.41, 5.74) is 1.77. The first-order chi connectivity index (χ1) is 9.61. The molecule has 0 radical (unpaired) electrons. The third-order valence-electron chi connectivity index (χ3n) is 3.68. The van der Waals surface area contributed by atoms with E-state index in [4.69, 9.17) is 5.11 Å². The average molecular weight is 293 g/mol. The van der Waals surface area contributed by atoms with Crippen molar-refractivity contribution in [1.29, 1.82) is 0 Å². The predicted molar refractivity (Wildman–Crippen MR) is 79.9 cm³/mol. The van der Waals surface area contributed by atoms with Crippen LogP contribution in [-0.2, 0) is 10.5 Å². The zero-order valence-corrected chi connectivity index (χ0v) is 12.3. The summed E-state index contributed by atoms with van der Waals surface area (Å²) in [5, 5.41) is 12.0. The van der Waals surface area contributed by atoms with Crippen LogP contribution in [0.25, 0.3) is 0 Å². The van der Waals surface area contributed by atoms with Gasteiger partial charge in [0.05, 0.1) is 5.92 Å². The number of rotatable bonds is 5. The molecule has 2 N–H and O–H groups in total. The molecule has 0 bridgehead atoms. The van der Waals surface area contributed by atoms with E-state index in [0.717, 1.165) is 18.6 Å². The molecule has 0 saturated heterocycles. The second-order valence-corrected chi connectivity index (χ2v) is 5.95. The molecule has 1 aliphatic rings. The van der Waals surface area contributed by atoms with Gasteiger partial charge in [-0.3, -0.25) is 9.59 Å². The van der Waals surface area contributed by atoms with Crippen molar-refractivity contribution >= 4 is 23.6 Å². The first-order valence-electron chi connectivity index (χ1n) is 6.73. The Morgan fingerprint density at radius 3 is 2.60 bits per heavy atom. The van der Waals surface area contributed by atoms with Crippen molar-refractivity contribution in [3.05, 3.63) is 35.4 Å².